The van der Waals surface area contributed by atoms with Crippen molar-refractivity contribution in [2.24, 2.45) is 0 Å². The number of nitrogens with zero attached hydrogens (tertiary/aromatic N) is 1. The van der Waals surface area contributed by atoms with E-state index >= 15 is 0 Å². The summed E-state index contributed by atoms with van der Waals surface area (Å²) in [5.74, 6) is 0. The lowest BCUT2D eigenvalue weighted by Crippen LogP contribution is -2.40. The molecule has 68 valence electrons. The minimum absolute atomic E-state index is 0.520. The van der Waals surface area contributed by atoms with E-state index in [9.17, 15) is 11.7 Å². The Hall–Kier alpha value is 0.0600. The van der Waals surface area contributed by atoms with Crippen LogP contribution >= 0.6 is 11.4 Å². The summed E-state index contributed by atoms with van der Waals surface area (Å²) in [6.45, 7) is 1.04. The zero-order valence-corrected chi connectivity index (χ0v) is 6.84. The molecule has 0 radical (unpaired) electrons. The summed E-state index contributed by atoms with van der Waals surface area (Å²) >= 11 is -5.05. The molecular formula is C5H11F3N2S. The van der Waals surface area contributed by atoms with Crippen LogP contribution in [0.5, 0.6) is 0 Å². The molecule has 0 spiro atoms. The monoisotopic (exact) mass is 188 g/mol. The second kappa shape index (κ2) is 3.64. The fourth-order valence-corrected chi connectivity index (χ4v) is 1.61. The minimum Gasteiger partial charge on any atom is -0.230 e. The maximum atomic E-state index is 11.8. The van der Waals surface area contributed by atoms with Gasteiger partial charge in [0.15, 0.2) is 0 Å². The molecule has 0 aromatic carbocycles. The predicted octanol–water partition coefficient (Wildman–Crippen LogP) is 2.35. The Bertz CT molecular complexity index is 121. The number of nitrogens with one attached hydrogen (secondary N) is 1. The van der Waals surface area contributed by atoms with Crippen molar-refractivity contribution in [2.75, 3.05) is 13.1 Å². The first-order valence-corrected chi connectivity index (χ1v) is 4.86. The van der Waals surface area contributed by atoms with E-state index in [4.69, 9.17) is 0 Å². The summed E-state index contributed by atoms with van der Waals surface area (Å²) in [6, 6.07) is 0. The second-order valence-electron chi connectivity index (χ2n) is 2.55. The Morgan fingerprint density at radius 2 is 1.55 bits per heavy atom. The highest BCUT2D eigenvalue weighted by Crippen LogP contribution is 2.49. The summed E-state index contributed by atoms with van der Waals surface area (Å²) in [6.07, 6.45) is 2.77. The van der Waals surface area contributed by atoms with Gasteiger partial charge < -0.3 is 0 Å². The lowest BCUT2D eigenvalue weighted by Gasteiger charge is -2.28. The van der Waals surface area contributed by atoms with Gasteiger partial charge in [-0.2, -0.15) is 0 Å². The molecule has 0 bridgehead atoms. The molecule has 0 saturated carbocycles. The number of hydrogen-bond donors (Lipinski definition) is 1. The van der Waals surface area contributed by atoms with Gasteiger partial charge in [0.25, 0.3) is 11.4 Å². The third kappa shape index (κ3) is 3.83. The molecular weight excluding hydrogens is 177 g/mol. The van der Waals surface area contributed by atoms with E-state index in [1.165, 1.54) is 5.01 Å². The first-order valence-electron chi connectivity index (χ1n) is 3.52. The van der Waals surface area contributed by atoms with E-state index in [0.717, 1.165) is 19.3 Å². The fourth-order valence-electron chi connectivity index (χ4n) is 1.13. The van der Waals surface area contributed by atoms with Crippen LogP contribution in [0, 0.1) is 0 Å². The van der Waals surface area contributed by atoms with E-state index in [0.29, 0.717) is 13.1 Å². The Morgan fingerprint density at radius 3 is 2.00 bits per heavy atom. The van der Waals surface area contributed by atoms with E-state index < -0.39 is 11.4 Å². The maximum absolute atomic E-state index is 11.8. The van der Waals surface area contributed by atoms with Crippen molar-refractivity contribution in [1.29, 1.82) is 0 Å². The summed E-state index contributed by atoms with van der Waals surface area (Å²) in [5, 5.41) is 1.26. The Balaban J connectivity index is 2.24. The molecule has 0 aromatic rings. The normalized spacial score (nSPS) is 23.5. The van der Waals surface area contributed by atoms with E-state index in [1.807, 2.05) is 0 Å². The van der Waals surface area contributed by atoms with Crippen molar-refractivity contribution in [3.63, 3.8) is 0 Å². The minimum atomic E-state index is -5.05. The van der Waals surface area contributed by atoms with Crippen LogP contribution in [-0.2, 0) is 0 Å². The van der Waals surface area contributed by atoms with Gasteiger partial charge in [-0.1, -0.05) is 6.42 Å². The van der Waals surface area contributed by atoms with Crippen LogP contribution < -0.4 is 4.83 Å². The van der Waals surface area contributed by atoms with E-state index in [-0.39, 0.29) is 0 Å². The van der Waals surface area contributed by atoms with Gasteiger partial charge in [0.2, 0.25) is 0 Å². The van der Waals surface area contributed by atoms with Crippen LogP contribution in [0.1, 0.15) is 19.3 Å². The molecule has 0 atom stereocenters. The number of piperidine rings is 1. The molecule has 1 aliphatic rings. The van der Waals surface area contributed by atoms with Crippen molar-refractivity contribution in [3.8, 4) is 0 Å². The molecule has 0 aliphatic carbocycles. The van der Waals surface area contributed by atoms with Gasteiger partial charge in [-0.05, 0) is 12.8 Å². The Morgan fingerprint density at radius 1 is 1.00 bits per heavy atom. The van der Waals surface area contributed by atoms with Gasteiger partial charge in [0.1, 0.15) is 0 Å². The summed E-state index contributed by atoms with van der Waals surface area (Å²) < 4.78 is 35.3. The van der Waals surface area contributed by atoms with Crippen LogP contribution in [0.15, 0.2) is 0 Å². The second-order valence-corrected chi connectivity index (χ2v) is 3.54. The standard InChI is InChI=1S/C5H11F3N2S/c6-11(7,8)9-10-4-2-1-3-5-10/h9H,1-5H2. The SMILES string of the molecule is FS(F)(F)NN1CCCCC1. The average molecular weight is 188 g/mol. The topological polar surface area (TPSA) is 15.3 Å². The summed E-state index contributed by atoms with van der Waals surface area (Å²) in [5.41, 5.74) is 0. The average Bonchev–Trinajstić information content (AvgIpc) is 1.85. The van der Waals surface area contributed by atoms with Gasteiger partial charge in [0.05, 0.1) is 0 Å². The zero-order valence-electron chi connectivity index (χ0n) is 6.02. The maximum Gasteiger partial charge on any atom is 0.288 e. The quantitative estimate of drug-likeness (QED) is 0.715. The molecule has 1 N–H and O–H groups in total. The van der Waals surface area contributed by atoms with Gasteiger partial charge in [-0.15, -0.1) is 16.5 Å². The summed E-state index contributed by atoms with van der Waals surface area (Å²) in [4.78, 5) is 1.57. The molecule has 6 heteroatoms. The number of rotatable bonds is 2. The van der Waals surface area contributed by atoms with Crippen molar-refractivity contribution in [1.82, 2.24) is 9.84 Å². The Kier molecular flexibility index (Phi) is 3.03. The zero-order chi connectivity index (χ0) is 8.32. The molecule has 0 aromatic heterocycles. The van der Waals surface area contributed by atoms with Crippen LogP contribution in [0.4, 0.5) is 11.7 Å². The summed E-state index contributed by atoms with van der Waals surface area (Å²) in [7, 11) is 0. The highest BCUT2D eigenvalue weighted by atomic mass is 32.3. The van der Waals surface area contributed by atoms with E-state index in [2.05, 4.69) is 0 Å². The van der Waals surface area contributed by atoms with Gasteiger partial charge in [-0.3, -0.25) is 0 Å². The molecule has 0 amide bonds. The third-order valence-corrected chi connectivity index (χ3v) is 2.05. The van der Waals surface area contributed by atoms with Gasteiger partial charge in [-0.25, -0.2) is 5.01 Å². The van der Waals surface area contributed by atoms with E-state index in [1.54, 1.807) is 4.83 Å². The van der Waals surface area contributed by atoms with Crippen LogP contribution in [-0.4, -0.2) is 18.1 Å². The molecule has 1 heterocycles. The fraction of sp³-hybridized carbons (Fsp3) is 1.00. The molecule has 11 heavy (non-hydrogen) atoms. The van der Waals surface area contributed by atoms with Gasteiger partial charge >= 0.3 is 0 Å². The van der Waals surface area contributed by atoms with Crippen molar-refractivity contribution >= 4 is 11.4 Å². The first-order chi connectivity index (χ1) is 5.08. The Labute approximate surface area is 66.1 Å². The lowest BCUT2D eigenvalue weighted by molar-refractivity contribution is 0.194. The van der Waals surface area contributed by atoms with Crippen molar-refractivity contribution in [2.45, 2.75) is 19.3 Å². The number of hydrogen-bond acceptors (Lipinski definition) is 2. The largest absolute Gasteiger partial charge is 0.288 e. The van der Waals surface area contributed by atoms with Gasteiger partial charge in [0, 0.05) is 13.1 Å². The smallest absolute Gasteiger partial charge is 0.230 e. The highest BCUT2D eigenvalue weighted by Gasteiger charge is 2.24. The molecule has 1 rings (SSSR count). The molecule has 1 fully saturated rings. The van der Waals surface area contributed by atoms with Crippen molar-refractivity contribution in [3.05, 3.63) is 0 Å². The lowest BCUT2D eigenvalue weighted by atomic mass is 10.2. The number of halogens is 3. The number of hydrazine groups is 1. The molecule has 1 aliphatic heterocycles. The predicted molar refractivity (Wildman–Crippen MR) is 39.5 cm³/mol. The third-order valence-electron chi connectivity index (χ3n) is 1.59. The molecule has 0 unspecified atom stereocenters. The van der Waals surface area contributed by atoms with Crippen LogP contribution in [0.2, 0.25) is 0 Å². The highest BCUT2D eigenvalue weighted by molar-refractivity contribution is 8.19. The molecule has 1 saturated heterocycles. The van der Waals surface area contributed by atoms with Crippen molar-refractivity contribution < 1.29 is 11.7 Å². The van der Waals surface area contributed by atoms with Crippen LogP contribution in [0.3, 0.4) is 0 Å². The molecule has 2 nitrogen and oxygen atoms in total. The van der Waals surface area contributed by atoms with Crippen LogP contribution in [0.25, 0.3) is 0 Å². The first kappa shape index (κ1) is 9.15.